The van der Waals surface area contributed by atoms with Crippen molar-refractivity contribution >= 4 is 11.3 Å². The van der Waals surface area contributed by atoms with Gasteiger partial charge in [-0.2, -0.15) is 23.4 Å². The van der Waals surface area contributed by atoms with E-state index in [1.165, 1.54) is 28.7 Å². The second kappa shape index (κ2) is 8.57. The third-order valence-electron chi connectivity index (χ3n) is 4.84. The van der Waals surface area contributed by atoms with Crippen LogP contribution in [0.2, 0.25) is 0 Å². The van der Waals surface area contributed by atoms with Crippen molar-refractivity contribution in [1.82, 2.24) is 29.4 Å². The lowest BCUT2D eigenvalue weighted by atomic mass is 10.1. The third kappa shape index (κ3) is 4.79. The van der Waals surface area contributed by atoms with E-state index in [2.05, 4.69) is 25.5 Å². The minimum Gasteiger partial charge on any atom is -0.494 e. The van der Waals surface area contributed by atoms with Gasteiger partial charge in [-0.1, -0.05) is 0 Å². The van der Waals surface area contributed by atoms with Crippen LogP contribution in [-0.2, 0) is 12.7 Å². The monoisotopic (exact) mass is 477 g/mol. The first-order chi connectivity index (χ1) is 16.0. The number of alkyl halides is 3. The zero-order valence-corrected chi connectivity index (χ0v) is 18.4. The van der Waals surface area contributed by atoms with Gasteiger partial charge in [0.25, 0.3) is 0 Å². The first kappa shape index (κ1) is 23.4. The first-order valence-corrected chi connectivity index (χ1v) is 10.1. The number of fused-ring (bicyclic) bond motifs is 1. The Balaban J connectivity index is 1.80. The predicted molar refractivity (Wildman–Crippen MR) is 115 cm³/mol. The predicted octanol–water partition coefficient (Wildman–Crippen LogP) is 2.89. The van der Waals surface area contributed by atoms with Crippen molar-refractivity contribution in [3.63, 3.8) is 0 Å². The van der Waals surface area contributed by atoms with Gasteiger partial charge in [0.15, 0.2) is 11.9 Å². The fraction of sp³-hybridized carbons (Fsp3) is 0.333. The summed E-state index contributed by atoms with van der Waals surface area (Å²) in [6.07, 6.45) is 1.06. The summed E-state index contributed by atoms with van der Waals surface area (Å²) in [6.45, 7) is 3.17. The molecule has 34 heavy (non-hydrogen) atoms. The number of hydrogen-bond donors (Lipinski definition) is 3. The molecule has 4 heterocycles. The SMILES string of the molecule is COc1cnc(C(F)(F)F)cc1-c1nn(CC(C)(C)O)cc1NC(O)c1cnn2cccnc12. The number of anilines is 1. The summed E-state index contributed by atoms with van der Waals surface area (Å²) in [5.74, 6) is 0.0525. The standard InChI is InChI=1S/C21H22F3N7O3/c1-20(2,33)11-30-10-14(28-19(32)13-8-27-31-6-4-5-25-18(13)31)17(29-30)12-7-16(21(22,23)24)26-9-15(12)34-3/h4-10,19,28,32-33H,11H2,1-3H3. The van der Waals surface area contributed by atoms with Crippen LogP contribution >= 0.6 is 0 Å². The summed E-state index contributed by atoms with van der Waals surface area (Å²) >= 11 is 0. The van der Waals surface area contributed by atoms with Crippen LogP contribution in [0.3, 0.4) is 0 Å². The first-order valence-electron chi connectivity index (χ1n) is 10.1. The maximum absolute atomic E-state index is 13.4. The maximum atomic E-state index is 13.4. The van der Waals surface area contributed by atoms with E-state index in [0.717, 1.165) is 12.3 Å². The van der Waals surface area contributed by atoms with Gasteiger partial charge in [-0.25, -0.2) is 14.5 Å². The molecule has 0 saturated carbocycles. The molecule has 0 spiro atoms. The van der Waals surface area contributed by atoms with E-state index in [-0.39, 0.29) is 29.2 Å². The van der Waals surface area contributed by atoms with Crippen LogP contribution in [0.1, 0.15) is 31.3 Å². The number of halogens is 3. The minimum atomic E-state index is -4.69. The molecule has 0 aliphatic rings. The normalized spacial score (nSPS) is 13.3. The van der Waals surface area contributed by atoms with Crippen molar-refractivity contribution in [1.29, 1.82) is 0 Å². The lowest BCUT2D eigenvalue weighted by molar-refractivity contribution is -0.141. The number of aliphatic hydroxyl groups is 2. The zero-order valence-electron chi connectivity index (χ0n) is 18.4. The molecule has 1 unspecified atom stereocenters. The molecule has 0 saturated heterocycles. The van der Waals surface area contributed by atoms with Crippen molar-refractivity contribution in [2.24, 2.45) is 0 Å². The van der Waals surface area contributed by atoms with Gasteiger partial charge in [-0.05, 0) is 26.0 Å². The summed E-state index contributed by atoms with van der Waals surface area (Å²) in [6, 6.07) is 2.50. The van der Waals surface area contributed by atoms with Crippen molar-refractivity contribution in [2.75, 3.05) is 12.4 Å². The Bertz CT molecular complexity index is 1310. The Morgan fingerprint density at radius 1 is 1.21 bits per heavy atom. The van der Waals surface area contributed by atoms with Gasteiger partial charge in [0, 0.05) is 24.2 Å². The molecule has 180 valence electrons. The number of ether oxygens (including phenoxy) is 1. The molecule has 0 bridgehead atoms. The second-order valence-electron chi connectivity index (χ2n) is 8.20. The summed E-state index contributed by atoms with van der Waals surface area (Å²) in [7, 11) is 1.30. The van der Waals surface area contributed by atoms with Crippen LogP contribution in [-0.4, -0.2) is 52.3 Å². The number of nitrogens with one attached hydrogen (secondary N) is 1. The van der Waals surface area contributed by atoms with Crippen molar-refractivity contribution in [2.45, 2.75) is 38.4 Å². The molecular weight excluding hydrogens is 455 g/mol. The fourth-order valence-corrected chi connectivity index (χ4v) is 3.41. The smallest absolute Gasteiger partial charge is 0.433 e. The van der Waals surface area contributed by atoms with E-state index < -0.39 is 23.7 Å². The highest BCUT2D eigenvalue weighted by atomic mass is 19.4. The van der Waals surface area contributed by atoms with Gasteiger partial charge < -0.3 is 20.3 Å². The molecule has 4 rings (SSSR count). The van der Waals surface area contributed by atoms with Crippen molar-refractivity contribution < 1.29 is 28.1 Å². The zero-order chi connectivity index (χ0) is 24.7. The topological polar surface area (TPSA) is 123 Å². The highest BCUT2D eigenvalue weighted by molar-refractivity contribution is 5.78. The molecular formula is C21H22F3N7O3. The maximum Gasteiger partial charge on any atom is 0.433 e. The highest BCUT2D eigenvalue weighted by Crippen LogP contribution is 2.39. The van der Waals surface area contributed by atoms with E-state index >= 15 is 0 Å². The lowest BCUT2D eigenvalue weighted by Gasteiger charge is -2.16. The van der Waals surface area contributed by atoms with Crippen LogP contribution in [0.25, 0.3) is 16.9 Å². The second-order valence-corrected chi connectivity index (χ2v) is 8.20. The Hall–Kier alpha value is -3.71. The Labute approximate surface area is 191 Å². The third-order valence-corrected chi connectivity index (χ3v) is 4.84. The number of rotatable bonds is 7. The summed E-state index contributed by atoms with van der Waals surface area (Å²) < 4.78 is 48.1. The largest absolute Gasteiger partial charge is 0.494 e. The van der Waals surface area contributed by atoms with Crippen LogP contribution in [0, 0.1) is 0 Å². The molecule has 1 atom stereocenters. The number of pyridine rings is 1. The molecule has 4 aromatic rings. The quantitative estimate of drug-likeness (QED) is 0.348. The number of nitrogens with zero attached hydrogens (tertiary/aromatic N) is 6. The van der Waals surface area contributed by atoms with Crippen LogP contribution < -0.4 is 10.1 Å². The molecule has 4 aromatic heterocycles. The van der Waals surface area contributed by atoms with Crippen molar-refractivity contribution in [3.05, 3.63) is 54.4 Å². The lowest BCUT2D eigenvalue weighted by Crippen LogP contribution is -2.26. The van der Waals surface area contributed by atoms with Gasteiger partial charge in [-0.15, -0.1) is 0 Å². The number of methoxy groups -OCH3 is 1. The Kier molecular flexibility index (Phi) is 5.91. The summed E-state index contributed by atoms with van der Waals surface area (Å²) in [4.78, 5) is 7.62. The highest BCUT2D eigenvalue weighted by Gasteiger charge is 2.34. The molecule has 13 heteroatoms. The van der Waals surface area contributed by atoms with Gasteiger partial charge in [-0.3, -0.25) is 4.68 Å². The molecule has 0 aromatic carbocycles. The number of hydrogen-bond acceptors (Lipinski definition) is 8. The molecule has 0 aliphatic heterocycles. The molecule has 0 fully saturated rings. The molecule has 0 amide bonds. The van der Waals surface area contributed by atoms with Crippen LogP contribution in [0.5, 0.6) is 5.75 Å². The molecule has 10 nitrogen and oxygen atoms in total. The van der Waals surface area contributed by atoms with Gasteiger partial charge in [0.2, 0.25) is 0 Å². The average Bonchev–Trinajstić information content (AvgIpc) is 3.35. The Morgan fingerprint density at radius 3 is 2.65 bits per heavy atom. The molecule has 0 aliphatic carbocycles. The van der Waals surface area contributed by atoms with Gasteiger partial charge >= 0.3 is 6.18 Å². The van der Waals surface area contributed by atoms with Gasteiger partial charge in [0.1, 0.15) is 17.1 Å². The van der Waals surface area contributed by atoms with E-state index in [0.29, 0.717) is 11.2 Å². The Morgan fingerprint density at radius 2 is 1.97 bits per heavy atom. The van der Waals surface area contributed by atoms with E-state index in [4.69, 9.17) is 4.74 Å². The summed E-state index contributed by atoms with van der Waals surface area (Å²) in [5, 5.41) is 32.4. The van der Waals surface area contributed by atoms with E-state index in [1.807, 2.05) is 0 Å². The van der Waals surface area contributed by atoms with E-state index in [1.54, 1.807) is 32.3 Å². The number of aliphatic hydroxyl groups excluding tert-OH is 1. The summed E-state index contributed by atoms with van der Waals surface area (Å²) in [5.41, 5.74) is -1.27. The minimum absolute atomic E-state index is 0.00649. The van der Waals surface area contributed by atoms with Crippen molar-refractivity contribution in [3.8, 4) is 17.0 Å². The number of aromatic nitrogens is 6. The van der Waals surface area contributed by atoms with E-state index in [9.17, 15) is 23.4 Å². The fourth-order valence-electron chi connectivity index (χ4n) is 3.41. The molecule has 3 N–H and O–H groups in total. The average molecular weight is 477 g/mol. The van der Waals surface area contributed by atoms with Crippen LogP contribution in [0.15, 0.2) is 43.1 Å². The molecule has 0 radical (unpaired) electrons. The van der Waals surface area contributed by atoms with Crippen LogP contribution in [0.4, 0.5) is 18.9 Å². The van der Waals surface area contributed by atoms with Gasteiger partial charge in [0.05, 0.1) is 42.9 Å².